The minimum atomic E-state index is -0.756. The zero-order valence-corrected chi connectivity index (χ0v) is 17.7. The van der Waals surface area contributed by atoms with Crippen molar-refractivity contribution in [3.63, 3.8) is 0 Å². The number of carbonyl (C=O) groups excluding carboxylic acids is 1. The first-order valence-corrected chi connectivity index (χ1v) is 10.3. The van der Waals surface area contributed by atoms with E-state index in [0.717, 1.165) is 16.7 Å². The Morgan fingerprint density at radius 2 is 1.69 bits per heavy atom. The predicted molar refractivity (Wildman–Crippen MR) is 121 cm³/mol. The molecule has 0 aliphatic heterocycles. The maximum Gasteiger partial charge on any atom is 0.318 e. The molecule has 32 heavy (non-hydrogen) atoms. The Hall–Kier alpha value is -4.07. The van der Waals surface area contributed by atoms with Gasteiger partial charge in [0, 0.05) is 25.1 Å². The molecule has 3 heterocycles. The van der Waals surface area contributed by atoms with E-state index in [0.29, 0.717) is 24.1 Å². The Balaban J connectivity index is 1.58. The third kappa shape index (κ3) is 4.49. The van der Waals surface area contributed by atoms with E-state index in [1.807, 2.05) is 31.2 Å². The molecule has 0 unspecified atom stereocenters. The molecule has 1 aromatic carbocycles. The molecule has 0 bridgehead atoms. The van der Waals surface area contributed by atoms with Crippen LogP contribution in [0.2, 0.25) is 0 Å². The molecule has 4 aromatic rings. The van der Waals surface area contributed by atoms with Crippen molar-refractivity contribution in [2.75, 3.05) is 6.54 Å². The quantitative estimate of drug-likeness (QED) is 0.451. The normalized spacial score (nSPS) is 10.9. The third-order valence-corrected chi connectivity index (χ3v) is 5.36. The lowest BCUT2D eigenvalue weighted by Gasteiger charge is -2.14. The monoisotopic (exact) mass is 429 g/mol. The Bertz CT molecular complexity index is 1380. The highest BCUT2D eigenvalue weighted by Crippen LogP contribution is 2.10. The number of carbonyl (C=O) groups is 1. The van der Waals surface area contributed by atoms with Crippen molar-refractivity contribution in [3.8, 4) is 0 Å². The van der Waals surface area contributed by atoms with E-state index in [1.165, 1.54) is 9.13 Å². The number of pyridine rings is 2. The number of aromatic nitrogens is 4. The van der Waals surface area contributed by atoms with E-state index < -0.39 is 11.1 Å². The lowest BCUT2D eigenvalue weighted by atomic mass is 10.1. The fraction of sp³-hybridized carbons (Fsp3) is 0.208. The van der Waals surface area contributed by atoms with Gasteiger partial charge in [-0.05, 0) is 54.3 Å². The molecule has 1 amide bonds. The van der Waals surface area contributed by atoms with Crippen LogP contribution in [0.15, 0.2) is 76.7 Å². The number of aryl methyl sites for hydroxylation is 1. The number of fused-ring (bicyclic) bond motifs is 1. The highest BCUT2D eigenvalue weighted by molar-refractivity contribution is 5.78. The first-order chi connectivity index (χ1) is 15.5. The van der Waals surface area contributed by atoms with Crippen LogP contribution in [0.4, 0.5) is 0 Å². The number of benzene rings is 1. The number of rotatable bonds is 7. The van der Waals surface area contributed by atoms with Gasteiger partial charge in [0.05, 0.1) is 12.1 Å². The van der Waals surface area contributed by atoms with Gasteiger partial charge in [-0.3, -0.25) is 28.5 Å². The van der Waals surface area contributed by atoms with Crippen LogP contribution >= 0.6 is 0 Å². The van der Waals surface area contributed by atoms with Crippen LogP contribution in [0.25, 0.3) is 11.2 Å². The summed E-state index contributed by atoms with van der Waals surface area (Å²) in [5.74, 6) is -0.336. The fourth-order valence-corrected chi connectivity index (χ4v) is 3.64. The van der Waals surface area contributed by atoms with E-state index in [1.54, 1.807) is 42.9 Å². The average Bonchev–Trinajstić information content (AvgIpc) is 2.81. The Labute approximate surface area is 184 Å². The van der Waals surface area contributed by atoms with Gasteiger partial charge in [-0.1, -0.05) is 24.3 Å². The highest BCUT2D eigenvalue weighted by Gasteiger charge is 2.16. The van der Waals surface area contributed by atoms with Crippen molar-refractivity contribution in [2.45, 2.75) is 26.4 Å². The van der Waals surface area contributed by atoms with E-state index in [4.69, 9.17) is 0 Å². The lowest BCUT2D eigenvalue weighted by Crippen LogP contribution is -2.44. The van der Waals surface area contributed by atoms with Gasteiger partial charge in [0.25, 0.3) is 0 Å². The Morgan fingerprint density at radius 1 is 0.938 bits per heavy atom. The van der Waals surface area contributed by atoms with E-state index in [2.05, 4.69) is 15.3 Å². The van der Waals surface area contributed by atoms with Crippen LogP contribution in [0.1, 0.15) is 16.7 Å². The maximum absolute atomic E-state index is 12.9. The second kappa shape index (κ2) is 9.38. The number of nitrogens with one attached hydrogen (secondary N) is 1. The molecule has 4 rings (SSSR count). The zero-order valence-electron chi connectivity index (χ0n) is 17.7. The van der Waals surface area contributed by atoms with Crippen LogP contribution in [0.5, 0.6) is 0 Å². The molecule has 0 aliphatic rings. The zero-order chi connectivity index (χ0) is 22.5. The highest BCUT2D eigenvalue weighted by atomic mass is 16.2. The number of hydrogen-bond donors (Lipinski definition) is 1. The maximum atomic E-state index is 12.9. The SMILES string of the molecule is Cc1ccccc1CCNC(=O)Cn1c(=O)c(=O)n(Cc2ccncc2)c2ncccc21. The van der Waals surface area contributed by atoms with E-state index in [9.17, 15) is 14.4 Å². The molecule has 3 aromatic heterocycles. The Kier molecular flexibility index (Phi) is 6.21. The predicted octanol–water partition coefficient (Wildman–Crippen LogP) is 1.67. The van der Waals surface area contributed by atoms with Gasteiger partial charge in [0.2, 0.25) is 5.91 Å². The molecule has 0 saturated carbocycles. The van der Waals surface area contributed by atoms with Crippen LogP contribution in [0, 0.1) is 6.92 Å². The summed E-state index contributed by atoms with van der Waals surface area (Å²) in [6.45, 7) is 2.40. The summed E-state index contributed by atoms with van der Waals surface area (Å²) in [6.07, 6.45) is 5.49. The van der Waals surface area contributed by atoms with Crippen molar-refractivity contribution >= 4 is 17.1 Å². The van der Waals surface area contributed by atoms with Crippen molar-refractivity contribution in [1.29, 1.82) is 0 Å². The summed E-state index contributed by atoms with van der Waals surface area (Å²) < 4.78 is 2.52. The number of hydrogen-bond acceptors (Lipinski definition) is 5. The van der Waals surface area contributed by atoms with Crippen molar-refractivity contribution < 1.29 is 4.79 Å². The van der Waals surface area contributed by atoms with Crippen molar-refractivity contribution in [2.24, 2.45) is 0 Å². The molecule has 8 nitrogen and oxygen atoms in total. The second-order valence-electron chi connectivity index (χ2n) is 7.51. The van der Waals surface area contributed by atoms with E-state index in [-0.39, 0.29) is 19.0 Å². The van der Waals surface area contributed by atoms with Crippen molar-refractivity contribution in [3.05, 3.63) is 105 Å². The average molecular weight is 429 g/mol. The number of amides is 1. The molecular weight excluding hydrogens is 406 g/mol. The smallest absolute Gasteiger partial charge is 0.318 e. The van der Waals surface area contributed by atoms with Crippen LogP contribution in [-0.2, 0) is 24.3 Å². The largest absolute Gasteiger partial charge is 0.354 e. The molecule has 0 aliphatic carbocycles. The summed E-state index contributed by atoms with van der Waals surface area (Å²) in [5.41, 5.74) is 2.43. The van der Waals surface area contributed by atoms with Gasteiger partial charge in [0.15, 0.2) is 5.65 Å². The topological polar surface area (TPSA) is 98.9 Å². The molecule has 0 radical (unpaired) electrons. The van der Waals surface area contributed by atoms with Crippen LogP contribution in [-0.4, -0.2) is 31.6 Å². The summed E-state index contributed by atoms with van der Waals surface area (Å²) >= 11 is 0. The minimum absolute atomic E-state index is 0.188. The molecule has 0 saturated heterocycles. The second-order valence-corrected chi connectivity index (χ2v) is 7.51. The van der Waals surface area contributed by atoms with Gasteiger partial charge >= 0.3 is 11.1 Å². The van der Waals surface area contributed by atoms with E-state index >= 15 is 0 Å². The van der Waals surface area contributed by atoms with Gasteiger partial charge < -0.3 is 5.32 Å². The van der Waals surface area contributed by atoms with Gasteiger partial charge in [0.1, 0.15) is 6.54 Å². The minimum Gasteiger partial charge on any atom is -0.354 e. The summed E-state index contributed by atoms with van der Waals surface area (Å²) in [4.78, 5) is 46.6. The van der Waals surface area contributed by atoms with Crippen LogP contribution in [0.3, 0.4) is 0 Å². The fourth-order valence-electron chi connectivity index (χ4n) is 3.64. The molecule has 0 atom stereocenters. The number of nitrogens with zero attached hydrogens (tertiary/aromatic N) is 4. The molecular formula is C24H23N5O3. The third-order valence-electron chi connectivity index (χ3n) is 5.36. The first kappa shape index (κ1) is 21.2. The van der Waals surface area contributed by atoms with Gasteiger partial charge in [-0.25, -0.2) is 4.98 Å². The van der Waals surface area contributed by atoms with Crippen LogP contribution < -0.4 is 16.4 Å². The Morgan fingerprint density at radius 3 is 2.47 bits per heavy atom. The first-order valence-electron chi connectivity index (χ1n) is 10.3. The summed E-state index contributed by atoms with van der Waals surface area (Å²) in [6, 6.07) is 14.9. The lowest BCUT2D eigenvalue weighted by molar-refractivity contribution is -0.121. The molecule has 8 heteroatoms. The molecule has 0 spiro atoms. The van der Waals surface area contributed by atoms with Gasteiger partial charge in [-0.15, -0.1) is 0 Å². The summed E-state index contributed by atoms with van der Waals surface area (Å²) in [5, 5.41) is 2.84. The molecule has 1 N–H and O–H groups in total. The standard InChI is InChI=1S/C24H23N5O3/c1-17-5-2-3-6-19(17)10-14-26-21(30)16-28-20-7-4-11-27-22(20)29(24(32)23(28)31)15-18-8-12-25-13-9-18/h2-9,11-13H,10,14-16H2,1H3,(H,26,30). The molecule has 0 fully saturated rings. The summed E-state index contributed by atoms with van der Waals surface area (Å²) in [7, 11) is 0. The van der Waals surface area contributed by atoms with Gasteiger partial charge in [-0.2, -0.15) is 0 Å². The van der Waals surface area contributed by atoms with Crippen molar-refractivity contribution in [1.82, 2.24) is 24.4 Å². The molecule has 162 valence electrons.